The molecule has 3 nitrogen and oxygen atoms in total. The fourth-order valence-corrected chi connectivity index (χ4v) is 6.01. The van der Waals surface area contributed by atoms with E-state index >= 15 is 0 Å². The number of aromatic nitrogens is 1. The standard InChI is InChI=1S/C25H26N.C15H28O2.Pt/c1-18-14-19(2)16-24(15-18)25-13-12-23(17-26-25)22-10-8-21(9-11-22)20-6-4-3-5-7-20;1-7-14(5,8-2)12(16)11-13(17)15(6,9-3)10-4;/h3-7,12-15,17,21-22H,8-11H2,1-2H3;11,16H,7-10H2,1-6H3;/q-1;;/b;12-11-;. The molecule has 0 atom stereocenters. The molecule has 1 aliphatic rings. The number of ketones is 1. The minimum Gasteiger partial charge on any atom is -0.512 e. The van der Waals surface area contributed by atoms with Crippen molar-refractivity contribution in [2.45, 2.75) is 119 Å². The van der Waals surface area contributed by atoms with Crippen LogP contribution in [0.25, 0.3) is 11.3 Å². The molecule has 0 spiro atoms. The van der Waals surface area contributed by atoms with E-state index in [1.165, 1.54) is 54.0 Å². The van der Waals surface area contributed by atoms with Gasteiger partial charge in [0.15, 0.2) is 5.78 Å². The number of aliphatic hydroxyl groups excluding tert-OH is 1. The second-order valence-electron chi connectivity index (χ2n) is 13.1. The van der Waals surface area contributed by atoms with Crippen LogP contribution in [-0.4, -0.2) is 15.9 Å². The summed E-state index contributed by atoms with van der Waals surface area (Å²) < 4.78 is 0. The Hall–Kier alpha value is -2.51. The molecule has 1 aromatic heterocycles. The summed E-state index contributed by atoms with van der Waals surface area (Å²) in [4.78, 5) is 16.9. The average molecular weight is 776 g/mol. The number of hydrogen-bond donors (Lipinski definition) is 1. The van der Waals surface area contributed by atoms with Crippen molar-refractivity contribution in [2.24, 2.45) is 10.8 Å². The fourth-order valence-electron chi connectivity index (χ4n) is 6.01. The Morgan fingerprint density at radius 1 is 0.841 bits per heavy atom. The Morgan fingerprint density at radius 2 is 1.39 bits per heavy atom. The topological polar surface area (TPSA) is 50.2 Å². The third kappa shape index (κ3) is 9.74. The van der Waals surface area contributed by atoms with Crippen LogP contribution >= 0.6 is 0 Å². The minimum absolute atomic E-state index is 0. The number of rotatable bonds is 10. The van der Waals surface area contributed by atoms with Gasteiger partial charge in [-0.05, 0) is 80.0 Å². The summed E-state index contributed by atoms with van der Waals surface area (Å²) in [6.45, 7) is 16.3. The van der Waals surface area contributed by atoms with Crippen molar-refractivity contribution >= 4 is 5.78 Å². The molecule has 0 amide bonds. The molecule has 1 fully saturated rings. The van der Waals surface area contributed by atoms with E-state index < -0.39 is 0 Å². The summed E-state index contributed by atoms with van der Waals surface area (Å²) in [6, 6.07) is 23.2. The number of carbonyl (C=O) groups is 1. The molecule has 1 aliphatic carbocycles. The Labute approximate surface area is 282 Å². The van der Waals surface area contributed by atoms with E-state index in [1.54, 1.807) is 0 Å². The molecule has 0 unspecified atom stereocenters. The quantitative estimate of drug-likeness (QED) is 0.127. The van der Waals surface area contributed by atoms with Crippen molar-refractivity contribution in [1.29, 1.82) is 0 Å². The molecule has 1 heterocycles. The van der Waals surface area contributed by atoms with Crippen LogP contribution in [0.1, 0.15) is 127 Å². The molecule has 1 N–H and O–H groups in total. The molecular weight excluding hydrogens is 722 g/mol. The van der Waals surface area contributed by atoms with Crippen molar-refractivity contribution in [3.63, 3.8) is 0 Å². The van der Waals surface area contributed by atoms with Crippen LogP contribution in [0, 0.1) is 30.7 Å². The molecule has 242 valence electrons. The Bertz CT molecular complexity index is 1310. The molecule has 0 bridgehead atoms. The molecule has 0 saturated heterocycles. The van der Waals surface area contributed by atoms with Crippen molar-refractivity contribution in [1.82, 2.24) is 4.98 Å². The summed E-state index contributed by atoms with van der Waals surface area (Å²) in [7, 11) is 0. The van der Waals surface area contributed by atoms with Gasteiger partial charge in [0.05, 0.1) is 0 Å². The predicted octanol–water partition coefficient (Wildman–Crippen LogP) is 11.3. The maximum Gasteiger partial charge on any atom is 0.164 e. The van der Waals surface area contributed by atoms with Gasteiger partial charge in [-0.1, -0.05) is 97.9 Å². The first-order valence-electron chi connectivity index (χ1n) is 16.5. The first-order chi connectivity index (χ1) is 20.5. The SMILES string of the molecule is CCC(C)(CC)C(=O)/C=C(\O)C(C)(CC)CC.Cc1[c-]c(-c2ccc(C3CCC(c4ccccc4)CC3)cn2)cc(C)c1.[Pt]. The number of allylic oxidation sites excluding steroid dienone is 2. The van der Waals surface area contributed by atoms with Crippen LogP contribution in [0.3, 0.4) is 0 Å². The summed E-state index contributed by atoms with van der Waals surface area (Å²) in [5.41, 5.74) is 6.86. The van der Waals surface area contributed by atoms with Gasteiger partial charge in [0, 0.05) is 44.2 Å². The smallest absolute Gasteiger partial charge is 0.164 e. The zero-order valence-electron chi connectivity index (χ0n) is 28.3. The zero-order valence-corrected chi connectivity index (χ0v) is 30.6. The van der Waals surface area contributed by atoms with Crippen LogP contribution in [0.15, 0.2) is 72.6 Å². The van der Waals surface area contributed by atoms with E-state index in [0.717, 1.165) is 42.9 Å². The predicted molar refractivity (Wildman–Crippen MR) is 181 cm³/mol. The first kappa shape index (κ1) is 37.7. The van der Waals surface area contributed by atoms with Gasteiger partial charge in [-0.3, -0.25) is 4.79 Å². The van der Waals surface area contributed by atoms with Gasteiger partial charge in [0.2, 0.25) is 0 Å². The van der Waals surface area contributed by atoms with E-state index in [2.05, 4.69) is 80.7 Å². The van der Waals surface area contributed by atoms with E-state index in [4.69, 9.17) is 4.98 Å². The van der Waals surface area contributed by atoms with Crippen molar-refractivity contribution < 1.29 is 31.0 Å². The molecule has 2 aromatic carbocycles. The molecule has 1 saturated carbocycles. The van der Waals surface area contributed by atoms with Crippen molar-refractivity contribution in [3.05, 3.63) is 101 Å². The molecule has 44 heavy (non-hydrogen) atoms. The first-order valence-corrected chi connectivity index (χ1v) is 16.5. The molecule has 4 heteroatoms. The van der Waals surface area contributed by atoms with Crippen LogP contribution in [0.5, 0.6) is 0 Å². The maximum absolute atomic E-state index is 12.2. The number of aliphatic hydroxyl groups is 1. The number of aryl methyl sites for hydroxylation is 2. The number of carbonyl (C=O) groups excluding carboxylic acids is 1. The van der Waals surface area contributed by atoms with E-state index in [1.807, 2.05) is 41.5 Å². The van der Waals surface area contributed by atoms with Gasteiger partial charge in [0.1, 0.15) is 5.76 Å². The third-order valence-electron chi connectivity index (χ3n) is 10.3. The van der Waals surface area contributed by atoms with Crippen LogP contribution in [0.4, 0.5) is 0 Å². The summed E-state index contributed by atoms with van der Waals surface area (Å²) in [5, 5.41) is 10.1. The van der Waals surface area contributed by atoms with Gasteiger partial charge in [0.25, 0.3) is 0 Å². The molecule has 3 aromatic rings. The minimum atomic E-state index is -0.337. The molecule has 0 aliphatic heterocycles. The molecule has 0 radical (unpaired) electrons. The van der Waals surface area contributed by atoms with Gasteiger partial charge >= 0.3 is 0 Å². The van der Waals surface area contributed by atoms with E-state index in [0.29, 0.717) is 5.92 Å². The Morgan fingerprint density at radius 3 is 1.86 bits per heavy atom. The molecular formula is C40H54NO2Pt-. The second kappa shape index (κ2) is 17.3. The Balaban J connectivity index is 0.000000331. The second-order valence-corrected chi connectivity index (χ2v) is 13.1. The van der Waals surface area contributed by atoms with Gasteiger partial charge in [-0.25, -0.2) is 0 Å². The summed E-state index contributed by atoms with van der Waals surface area (Å²) in [5.74, 6) is 1.66. The van der Waals surface area contributed by atoms with Crippen LogP contribution in [0.2, 0.25) is 0 Å². The van der Waals surface area contributed by atoms with Gasteiger partial charge in [-0.15, -0.1) is 34.9 Å². The number of benzene rings is 2. The Kier molecular flexibility index (Phi) is 14.8. The third-order valence-corrected chi connectivity index (χ3v) is 10.3. The summed E-state index contributed by atoms with van der Waals surface area (Å²) in [6.07, 6.45) is 11.9. The van der Waals surface area contributed by atoms with Crippen LogP contribution in [-0.2, 0) is 25.9 Å². The van der Waals surface area contributed by atoms with Crippen LogP contribution < -0.4 is 0 Å². The van der Waals surface area contributed by atoms with Crippen molar-refractivity contribution in [2.75, 3.05) is 0 Å². The molecule has 4 rings (SSSR count). The van der Waals surface area contributed by atoms with E-state index in [-0.39, 0.29) is 43.4 Å². The largest absolute Gasteiger partial charge is 0.512 e. The number of pyridine rings is 1. The maximum atomic E-state index is 12.2. The zero-order chi connectivity index (χ0) is 31.6. The van der Waals surface area contributed by atoms with E-state index in [9.17, 15) is 9.90 Å². The van der Waals surface area contributed by atoms with Crippen molar-refractivity contribution in [3.8, 4) is 11.3 Å². The average Bonchev–Trinajstić information content (AvgIpc) is 3.04. The normalized spacial score (nSPS) is 17.2. The number of nitrogens with zero attached hydrogens (tertiary/aromatic N) is 1. The number of hydrogen-bond acceptors (Lipinski definition) is 3. The fraction of sp³-hybridized carbons (Fsp3) is 0.500. The summed E-state index contributed by atoms with van der Waals surface area (Å²) >= 11 is 0. The monoisotopic (exact) mass is 775 g/mol. The van der Waals surface area contributed by atoms with Gasteiger partial charge < -0.3 is 10.1 Å². The van der Waals surface area contributed by atoms with Gasteiger partial charge in [-0.2, -0.15) is 0 Å².